The summed E-state index contributed by atoms with van der Waals surface area (Å²) in [6, 6.07) is 0.494. The van der Waals surface area contributed by atoms with Crippen LogP contribution in [0.2, 0.25) is 0 Å². The zero-order chi connectivity index (χ0) is 19.4. The van der Waals surface area contributed by atoms with Crippen LogP contribution in [0.15, 0.2) is 12.4 Å². The van der Waals surface area contributed by atoms with Crippen molar-refractivity contribution in [2.45, 2.75) is 58.0 Å². The van der Waals surface area contributed by atoms with Crippen LogP contribution in [0.3, 0.4) is 0 Å². The molecule has 1 rings (SSSR count). The van der Waals surface area contributed by atoms with Gasteiger partial charge in [0.2, 0.25) is 11.5 Å². The maximum Gasteiger partial charge on any atom is 0.425 e. The number of nitrogens with zero attached hydrogens (tertiary/aromatic N) is 3. The van der Waals surface area contributed by atoms with E-state index in [0.717, 1.165) is 10.8 Å². The molecule has 6 nitrogen and oxygen atoms in total. The van der Waals surface area contributed by atoms with E-state index in [-0.39, 0.29) is 18.6 Å². The molecule has 0 aromatic carbocycles. The Labute approximate surface area is 146 Å². The number of aryl methyl sites for hydroxylation is 1. The molecule has 0 bridgehead atoms. The SMILES string of the molecule is CC(C)N(CCNC(=O)CC(O)(c1nccn1C)C(F)(F)F)C(C)C. The Kier molecular flexibility index (Phi) is 7.01. The quantitative estimate of drug-likeness (QED) is 0.738. The summed E-state index contributed by atoms with van der Waals surface area (Å²) in [4.78, 5) is 17.7. The topological polar surface area (TPSA) is 70.4 Å². The Balaban J connectivity index is 2.77. The molecule has 1 heterocycles. The van der Waals surface area contributed by atoms with Gasteiger partial charge in [0.1, 0.15) is 0 Å². The fourth-order valence-electron chi connectivity index (χ4n) is 2.80. The van der Waals surface area contributed by atoms with Crippen molar-refractivity contribution in [3.63, 3.8) is 0 Å². The standard InChI is InChI=1S/C16H27F3N4O2/c1-11(2)23(12(3)4)9-7-20-13(24)10-15(25,16(17,18)19)14-21-6-8-22(14)5/h6,8,11-12,25H,7,9-10H2,1-5H3,(H,20,24). The van der Waals surface area contributed by atoms with Gasteiger partial charge in [-0.15, -0.1) is 0 Å². The molecule has 1 amide bonds. The van der Waals surface area contributed by atoms with Crippen LogP contribution in [-0.2, 0) is 17.4 Å². The van der Waals surface area contributed by atoms with E-state index in [1.807, 2.05) is 27.7 Å². The molecular weight excluding hydrogens is 337 g/mol. The molecule has 1 aromatic heterocycles. The maximum atomic E-state index is 13.4. The summed E-state index contributed by atoms with van der Waals surface area (Å²) in [7, 11) is 1.33. The molecule has 0 saturated carbocycles. The van der Waals surface area contributed by atoms with E-state index >= 15 is 0 Å². The Morgan fingerprint density at radius 2 is 1.88 bits per heavy atom. The number of rotatable bonds is 8. The number of carbonyl (C=O) groups is 1. The highest BCUT2D eigenvalue weighted by atomic mass is 19.4. The van der Waals surface area contributed by atoms with Crippen LogP contribution < -0.4 is 5.32 Å². The number of alkyl halides is 3. The molecule has 0 saturated heterocycles. The van der Waals surface area contributed by atoms with Crippen molar-refractivity contribution in [1.29, 1.82) is 0 Å². The Morgan fingerprint density at radius 3 is 2.28 bits per heavy atom. The second-order valence-corrected chi connectivity index (χ2v) is 6.67. The first-order valence-electron chi connectivity index (χ1n) is 8.19. The summed E-state index contributed by atoms with van der Waals surface area (Å²) in [5, 5.41) is 12.6. The van der Waals surface area contributed by atoms with Gasteiger partial charge in [0, 0.05) is 44.6 Å². The first-order valence-corrected chi connectivity index (χ1v) is 8.19. The normalized spacial score (nSPS) is 15.0. The number of imidazole rings is 1. The highest BCUT2D eigenvalue weighted by molar-refractivity contribution is 5.77. The van der Waals surface area contributed by atoms with Crippen molar-refractivity contribution in [3.8, 4) is 0 Å². The first kappa shape index (κ1) is 21.4. The number of aromatic nitrogens is 2. The zero-order valence-electron chi connectivity index (χ0n) is 15.3. The molecule has 0 aliphatic carbocycles. The third-order valence-corrected chi connectivity index (χ3v) is 4.10. The first-order chi connectivity index (χ1) is 11.4. The van der Waals surface area contributed by atoms with Crippen LogP contribution in [0.1, 0.15) is 39.9 Å². The van der Waals surface area contributed by atoms with E-state index in [1.54, 1.807) is 0 Å². The average Bonchev–Trinajstić information content (AvgIpc) is 2.88. The van der Waals surface area contributed by atoms with Gasteiger partial charge in [-0.05, 0) is 27.7 Å². The molecule has 9 heteroatoms. The second-order valence-electron chi connectivity index (χ2n) is 6.67. The van der Waals surface area contributed by atoms with Crippen LogP contribution in [0, 0.1) is 0 Å². The van der Waals surface area contributed by atoms with Crippen molar-refractivity contribution >= 4 is 5.91 Å². The number of amides is 1. The van der Waals surface area contributed by atoms with Gasteiger partial charge in [0.15, 0.2) is 5.82 Å². The summed E-state index contributed by atoms with van der Waals surface area (Å²) >= 11 is 0. The van der Waals surface area contributed by atoms with Gasteiger partial charge in [-0.1, -0.05) is 0 Å². The minimum Gasteiger partial charge on any atom is -0.374 e. The Hall–Kier alpha value is -1.61. The van der Waals surface area contributed by atoms with Gasteiger partial charge >= 0.3 is 6.18 Å². The van der Waals surface area contributed by atoms with Crippen molar-refractivity contribution < 1.29 is 23.1 Å². The summed E-state index contributed by atoms with van der Waals surface area (Å²) in [6.45, 7) is 8.73. The lowest BCUT2D eigenvalue weighted by Crippen LogP contribution is -2.49. The number of halogens is 3. The summed E-state index contributed by atoms with van der Waals surface area (Å²) in [6.07, 6.45) is -3.73. The lowest BCUT2D eigenvalue weighted by atomic mass is 9.97. The van der Waals surface area contributed by atoms with E-state index in [1.165, 1.54) is 13.2 Å². The van der Waals surface area contributed by atoms with Gasteiger partial charge in [0.05, 0.1) is 6.42 Å². The predicted molar refractivity (Wildman–Crippen MR) is 87.8 cm³/mol. The van der Waals surface area contributed by atoms with Crippen LogP contribution in [0.4, 0.5) is 13.2 Å². The van der Waals surface area contributed by atoms with Gasteiger partial charge in [-0.25, -0.2) is 4.98 Å². The lowest BCUT2D eigenvalue weighted by molar-refractivity contribution is -0.271. The predicted octanol–water partition coefficient (Wildman–Crippen LogP) is 1.80. The summed E-state index contributed by atoms with van der Waals surface area (Å²) in [5.74, 6) is -1.49. The zero-order valence-corrected chi connectivity index (χ0v) is 15.3. The minimum absolute atomic E-state index is 0.198. The second kappa shape index (κ2) is 8.18. The molecule has 1 atom stereocenters. The van der Waals surface area contributed by atoms with Crippen LogP contribution in [-0.4, -0.2) is 56.8 Å². The van der Waals surface area contributed by atoms with Crippen molar-refractivity contribution in [3.05, 3.63) is 18.2 Å². The maximum absolute atomic E-state index is 13.4. The third kappa shape index (κ3) is 5.18. The molecule has 0 radical (unpaired) electrons. The molecular formula is C16H27F3N4O2. The highest BCUT2D eigenvalue weighted by Gasteiger charge is 2.58. The Morgan fingerprint density at radius 1 is 1.32 bits per heavy atom. The number of hydrogen-bond acceptors (Lipinski definition) is 4. The minimum atomic E-state index is -5.02. The number of carbonyl (C=O) groups excluding carboxylic acids is 1. The van der Waals surface area contributed by atoms with Gasteiger partial charge < -0.3 is 15.0 Å². The fourth-order valence-corrected chi connectivity index (χ4v) is 2.80. The van der Waals surface area contributed by atoms with Crippen LogP contribution in [0.5, 0.6) is 0 Å². The van der Waals surface area contributed by atoms with E-state index in [4.69, 9.17) is 0 Å². The average molecular weight is 364 g/mol. The number of hydrogen-bond donors (Lipinski definition) is 2. The fraction of sp³-hybridized carbons (Fsp3) is 0.750. The molecule has 0 spiro atoms. The van der Waals surface area contributed by atoms with E-state index in [2.05, 4.69) is 15.2 Å². The molecule has 0 aliphatic heterocycles. The monoisotopic (exact) mass is 364 g/mol. The largest absolute Gasteiger partial charge is 0.425 e. The van der Waals surface area contributed by atoms with E-state index in [9.17, 15) is 23.1 Å². The third-order valence-electron chi connectivity index (χ3n) is 4.10. The summed E-state index contributed by atoms with van der Waals surface area (Å²) in [5.41, 5.74) is -3.33. The number of aliphatic hydroxyl groups is 1. The molecule has 0 fully saturated rings. The molecule has 1 aromatic rings. The van der Waals surface area contributed by atoms with Gasteiger partial charge in [-0.2, -0.15) is 13.2 Å². The molecule has 1 unspecified atom stereocenters. The van der Waals surface area contributed by atoms with Crippen LogP contribution >= 0.6 is 0 Å². The molecule has 2 N–H and O–H groups in total. The van der Waals surface area contributed by atoms with Gasteiger partial charge in [-0.3, -0.25) is 9.69 Å². The van der Waals surface area contributed by atoms with Crippen molar-refractivity contribution in [2.24, 2.45) is 7.05 Å². The lowest BCUT2D eigenvalue weighted by Gasteiger charge is -2.31. The van der Waals surface area contributed by atoms with Crippen molar-refractivity contribution in [2.75, 3.05) is 13.1 Å². The summed E-state index contributed by atoms with van der Waals surface area (Å²) < 4.78 is 41.2. The highest BCUT2D eigenvalue weighted by Crippen LogP contribution is 2.40. The molecule has 0 aliphatic rings. The van der Waals surface area contributed by atoms with E-state index in [0.29, 0.717) is 6.54 Å². The van der Waals surface area contributed by atoms with Crippen LogP contribution in [0.25, 0.3) is 0 Å². The Bertz CT molecular complexity index is 564. The smallest absolute Gasteiger partial charge is 0.374 e. The van der Waals surface area contributed by atoms with Gasteiger partial charge in [0.25, 0.3) is 0 Å². The van der Waals surface area contributed by atoms with Crippen molar-refractivity contribution in [1.82, 2.24) is 19.8 Å². The molecule has 25 heavy (non-hydrogen) atoms. The molecule has 144 valence electrons. The van der Waals surface area contributed by atoms with E-state index < -0.39 is 29.9 Å². The number of nitrogens with one attached hydrogen (secondary N) is 1.